The second-order valence-electron chi connectivity index (χ2n) is 4.68. The molecule has 0 aromatic rings. The zero-order valence-corrected chi connectivity index (χ0v) is 10.1. The normalized spacial score (nSPS) is 23.6. The Labute approximate surface area is 106 Å². The van der Waals surface area contributed by atoms with Gasteiger partial charge in [0.2, 0.25) is 0 Å². The van der Waals surface area contributed by atoms with Gasteiger partial charge in [0.1, 0.15) is 5.78 Å². The van der Waals surface area contributed by atoms with Gasteiger partial charge in [-0.1, -0.05) is 6.92 Å². The largest absolute Gasteiger partial charge is 0.299 e. The van der Waals surface area contributed by atoms with Gasteiger partial charge in [0.05, 0.1) is 30.2 Å². The number of Topliss-reactive ketones (excluding diaryl/α,β-unsaturated/α-hetero) is 1. The van der Waals surface area contributed by atoms with Gasteiger partial charge >= 0.3 is 0 Å². The molecule has 0 N–H and O–H groups in total. The summed E-state index contributed by atoms with van der Waals surface area (Å²) in [4.78, 5) is 11.9. The molecule has 0 radical (unpaired) electrons. The van der Waals surface area contributed by atoms with Crippen molar-refractivity contribution >= 4 is 5.78 Å². The molecule has 1 aliphatic rings. The van der Waals surface area contributed by atoms with E-state index in [2.05, 4.69) is 0 Å². The van der Waals surface area contributed by atoms with Crippen LogP contribution in [0.25, 0.3) is 0 Å². The van der Waals surface area contributed by atoms with Gasteiger partial charge < -0.3 is 0 Å². The van der Waals surface area contributed by atoms with Gasteiger partial charge in [-0.05, 0) is 18.8 Å². The molecule has 1 aliphatic carbocycles. The molecule has 1 rings (SSSR count). The van der Waals surface area contributed by atoms with E-state index in [0.29, 0.717) is 12.8 Å². The number of hydrogen-bond donors (Lipinski definition) is 0. The van der Waals surface area contributed by atoms with Crippen LogP contribution in [0.4, 0.5) is 0 Å². The molecule has 0 spiro atoms. The minimum absolute atomic E-state index is 0.188. The zero-order chi connectivity index (χ0) is 13.8. The van der Waals surface area contributed by atoms with Crippen LogP contribution in [0.5, 0.6) is 0 Å². The molecule has 0 aromatic carbocycles. The molecule has 0 amide bonds. The fraction of sp³-hybridized carbons (Fsp3) is 0.615. The maximum Gasteiger partial charge on any atom is 0.182 e. The van der Waals surface area contributed by atoms with Crippen LogP contribution in [0, 0.1) is 68.5 Å². The number of hydrogen-bond acceptors (Lipinski definition) is 5. The minimum atomic E-state index is -1.84. The Balaban J connectivity index is 3.26. The number of carbonyl (C=O) groups is 1. The molecule has 0 saturated heterocycles. The number of carbonyl (C=O) groups excluding carboxylic acids is 1. The molecule has 5 nitrogen and oxygen atoms in total. The second kappa shape index (κ2) is 5.31. The first-order chi connectivity index (χ1) is 8.55. The van der Waals surface area contributed by atoms with Gasteiger partial charge in [0, 0.05) is 6.42 Å². The van der Waals surface area contributed by atoms with Crippen molar-refractivity contribution in [3.05, 3.63) is 0 Å². The third-order valence-electron chi connectivity index (χ3n) is 3.54. The van der Waals surface area contributed by atoms with Crippen molar-refractivity contribution < 1.29 is 4.79 Å². The lowest BCUT2D eigenvalue weighted by atomic mass is 9.62. The monoisotopic (exact) mass is 240 g/mol. The van der Waals surface area contributed by atoms with E-state index >= 15 is 0 Å². The number of ketones is 1. The SMILES string of the molecule is CC1CCC(=O)C(C(C#N)(C#N)C(C#N)C#N)C1. The Morgan fingerprint density at radius 3 is 2.22 bits per heavy atom. The van der Waals surface area contributed by atoms with E-state index in [1.54, 1.807) is 24.3 Å². The van der Waals surface area contributed by atoms with E-state index in [0.717, 1.165) is 6.42 Å². The van der Waals surface area contributed by atoms with Gasteiger partial charge in [0.25, 0.3) is 0 Å². The van der Waals surface area contributed by atoms with E-state index in [9.17, 15) is 15.3 Å². The predicted molar refractivity (Wildman–Crippen MR) is 59.9 cm³/mol. The zero-order valence-electron chi connectivity index (χ0n) is 10.1. The predicted octanol–water partition coefficient (Wildman–Crippen LogP) is 1.69. The van der Waals surface area contributed by atoms with E-state index in [-0.39, 0.29) is 11.7 Å². The van der Waals surface area contributed by atoms with Gasteiger partial charge in [0.15, 0.2) is 11.3 Å². The van der Waals surface area contributed by atoms with Crippen molar-refractivity contribution in [2.45, 2.75) is 26.2 Å². The van der Waals surface area contributed by atoms with Crippen molar-refractivity contribution in [3.8, 4) is 24.3 Å². The lowest BCUT2D eigenvalue weighted by Gasteiger charge is -2.33. The quantitative estimate of drug-likeness (QED) is 0.728. The van der Waals surface area contributed by atoms with Crippen LogP contribution >= 0.6 is 0 Å². The maximum absolute atomic E-state index is 11.9. The molecule has 0 aliphatic heterocycles. The number of nitriles is 4. The Kier molecular flexibility index (Phi) is 4.04. The van der Waals surface area contributed by atoms with Crippen molar-refractivity contribution in [2.24, 2.45) is 23.2 Å². The third kappa shape index (κ3) is 2.04. The maximum atomic E-state index is 11.9. The summed E-state index contributed by atoms with van der Waals surface area (Å²) in [6.45, 7) is 1.94. The molecule has 90 valence electrons. The highest BCUT2D eigenvalue weighted by Crippen LogP contribution is 2.42. The average molecular weight is 240 g/mol. The molecule has 1 fully saturated rings. The molecule has 2 unspecified atom stereocenters. The summed E-state index contributed by atoms with van der Waals surface area (Å²) in [5, 5.41) is 36.3. The smallest absolute Gasteiger partial charge is 0.182 e. The van der Waals surface area contributed by atoms with Gasteiger partial charge in [-0.2, -0.15) is 21.0 Å². The molecule has 1 saturated carbocycles. The molecule has 0 bridgehead atoms. The van der Waals surface area contributed by atoms with Crippen molar-refractivity contribution in [1.82, 2.24) is 0 Å². The average Bonchev–Trinajstić information content (AvgIpc) is 2.39. The minimum Gasteiger partial charge on any atom is -0.299 e. The van der Waals surface area contributed by atoms with E-state index in [1.165, 1.54) is 0 Å². The Hall–Kier alpha value is -2.37. The summed E-state index contributed by atoms with van der Waals surface area (Å²) in [6, 6.07) is 6.86. The van der Waals surface area contributed by atoms with Crippen LogP contribution in [-0.4, -0.2) is 5.78 Å². The Morgan fingerprint density at radius 2 is 1.78 bits per heavy atom. The number of rotatable bonds is 2. The van der Waals surface area contributed by atoms with Crippen molar-refractivity contribution in [3.63, 3.8) is 0 Å². The molecular weight excluding hydrogens is 228 g/mol. The summed E-state index contributed by atoms with van der Waals surface area (Å²) >= 11 is 0. The third-order valence-corrected chi connectivity index (χ3v) is 3.54. The molecule has 5 heteroatoms. The molecule has 18 heavy (non-hydrogen) atoms. The molecule has 0 aromatic heterocycles. The first-order valence-corrected chi connectivity index (χ1v) is 5.70. The Morgan fingerprint density at radius 1 is 1.22 bits per heavy atom. The fourth-order valence-electron chi connectivity index (χ4n) is 2.40. The first kappa shape index (κ1) is 13.7. The summed E-state index contributed by atoms with van der Waals surface area (Å²) in [7, 11) is 0. The van der Waals surface area contributed by atoms with Gasteiger partial charge in [-0.3, -0.25) is 4.79 Å². The van der Waals surface area contributed by atoms with Crippen LogP contribution in [-0.2, 0) is 4.79 Å². The van der Waals surface area contributed by atoms with Gasteiger partial charge in [-0.15, -0.1) is 0 Å². The summed E-state index contributed by atoms with van der Waals surface area (Å²) < 4.78 is 0. The first-order valence-electron chi connectivity index (χ1n) is 5.70. The molecule has 0 heterocycles. The van der Waals surface area contributed by atoms with E-state index in [1.807, 2.05) is 6.92 Å². The molecule has 2 atom stereocenters. The standard InChI is InChI=1S/C13H12N4O/c1-9-2-3-12(18)11(4-9)13(7-16,8-17)10(5-14)6-15/h9-11H,2-4H2,1H3. The second-order valence-corrected chi connectivity index (χ2v) is 4.68. The fourth-order valence-corrected chi connectivity index (χ4v) is 2.40. The summed E-state index contributed by atoms with van der Waals surface area (Å²) in [5.41, 5.74) is -1.84. The van der Waals surface area contributed by atoms with Crippen molar-refractivity contribution in [2.75, 3.05) is 0 Å². The highest BCUT2D eigenvalue weighted by molar-refractivity contribution is 5.83. The molecular formula is C13H12N4O. The summed E-state index contributed by atoms with van der Waals surface area (Å²) in [5.74, 6) is -2.20. The lowest BCUT2D eigenvalue weighted by molar-refractivity contribution is -0.128. The topological polar surface area (TPSA) is 112 Å². The van der Waals surface area contributed by atoms with Crippen LogP contribution in [0.3, 0.4) is 0 Å². The Bertz CT molecular complexity index is 483. The van der Waals surface area contributed by atoms with E-state index in [4.69, 9.17) is 10.5 Å². The lowest BCUT2D eigenvalue weighted by Crippen LogP contribution is -2.42. The number of nitrogens with zero attached hydrogens (tertiary/aromatic N) is 4. The highest BCUT2D eigenvalue weighted by Gasteiger charge is 2.52. The van der Waals surface area contributed by atoms with Crippen LogP contribution in [0.2, 0.25) is 0 Å². The summed E-state index contributed by atoms with van der Waals surface area (Å²) in [6.07, 6.45) is 1.42. The van der Waals surface area contributed by atoms with E-state index < -0.39 is 17.3 Å². The van der Waals surface area contributed by atoms with Gasteiger partial charge in [-0.25, -0.2) is 0 Å². The van der Waals surface area contributed by atoms with Crippen LogP contribution < -0.4 is 0 Å². The van der Waals surface area contributed by atoms with Crippen LogP contribution in [0.1, 0.15) is 26.2 Å². The van der Waals surface area contributed by atoms with Crippen molar-refractivity contribution in [1.29, 1.82) is 21.0 Å². The van der Waals surface area contributed by atoms with Crippen LogP contribution in [0.15, 0.2) is 0 Å². The highest BCUT2D eigenvalue weighted by atomic mass is 16.1.